The van der Waals surface area contributed by atoms with Crippen molar-refractivity contribution in [3.8, 4) is 23.0 Å². The van der Waals surface area contributed by atoms with Gasteiger partial charge in [0.05, 0.1) is 13.2 Å². The van der Waals surface area contributed by atoms with E-state index < -0.39 is 37.5 Å². The number of hydrogen-bond acceptors (Lipinski definition) is 10. The number of aryl methyl sites for hydroxylation is 6. The lowest BCUT2D eigenvalue weighted by atomic mass is 9.55. The summed E-state index contributed by atoms with van der Waals surface area (Å²) < 4.78 is 37.1. The number of ether oxygens (including phenoxy) is 4. The van der Waals surface area contributed by atoms with Crippen LogP contribution in [-0.4, -0.2) is 47.7 Å². The van der Waals surface area contributed by atoms with Crippen molar-refractivity contribution in [3.63, 3.8) is 0 Å². The number of aliphatic hydroxyl groups excluding tert-OH is 2. The van der Waals surface area contributed by atoms with Gasteiger partial charge in [-0.1, -0.05) is 126 Å². The first-order valence-corrected chi connectivity index (χ1v) is 40.9. The van der Waals surface area contributed by atoms with E-state index in [0.29, 0.717) is 34.5 Å². The molecule has 0 bridgehead atoms. The first kappa shape index (κ1) is 67.3. The molecule has 4 atom stereocenters. The fourth-order valence-electron chi connectivity index (χ4n) is 14.0. The quantitative estimate of drug-likeness (QED) is 0.0385. The molecule has 8 rings (SSSR count). The smallest absolute Gasteiger partial charge is 0.437 e. The van der Waals surface area contributed by atoms with Crippen molar-refractivity contribution in [2.75, 3.05) is 0 Å². The summed E-state index contributed by atoms with van der Waals surface area (Å²) in [6.45, 7) is 35.4. The third kappa shape index (κ3) is 16.4. The minimum Gasteiger partial charge on any atom is -0.437 e. The highest BCUT2D eigenvalue weighted by atomic mass is 28.5. The second kappa shape index (κ2) is 27.2. The van der Waals surface area contributed by atoms with E-state index in [9.17, 15) is 19.8 Å². The summed E-state index contributed by atoms with van der Waals surface area (Å²) in [6.07, 6.45) is 8.08. The van der Waals surface area contributed by atoms with Crippen LogP contribution < -0.4 is 18.9 Å². The molecule has 2 aliphatic rings. The first-order chi connectivity index (χ1) is 40.9. The molecule has 10 nitrogen and oxygen atoms in total. The normalized spacial score (nSPS) is 20.4. The maximum atomic E-state index is 13.4. The van der Waals surface area contributed by atoms with Gasteiger partial charge in [-0.3, -0.25) is 0 Å². The zero-order chi connectivity index (χ0) is 63.3. The van der Waals surface area contributed by atoms with E-state index in [1.54, 1.807) is 12.1 Å². The van der Waals surface area contributed by atoms with Gasteiger partial charge in [-0.25, -0.2) is 9.59 Å². The lowest BCUT2D eigenvalue weighted by Gasteiger charge is -2.49. The average molecular weight is 1230 g/mol. The molecule has 87 heavy (non-hydrogen) atoms. The summed E-state index contributed by atoms with van der Waals surface area (Å²) in [7, 11) is -6.81. The Morgan fingerprint density at radius 1 is 0.460 bits per heavy atom. The van der Waals surface area contributed by atoms with E-state index in [-0.39, 0.29) is 46.4 Å². The van der Waals surface area contributed by atoms with Crippen LogP contribution in [0, 0.1) is 50.4 Å². The van der Waals surface area contributed by atoms with Crippen LogP contribution in [0.5, 0.6) is 23.0 Å². The predicted octanol–water partition coefficient (Wildman–Crippen LogP) is 19.0. The number of aliphatic hydroxyl groups is 2. The van der Waals surface area contributed by atoms with Gasteiger partial charge in [-0.2, -0.15) is 0 Å². The van der Waals surface area contributed by atoms with E-state index in [0.717, 1.165) is 98.6 Å². The Bertz CT molecular complexity index is 3390. The molecule has 0 saturated heterocycles. The van der Waals surface area contributed by atoms with Gasteiger partial charge in [0.2, 0.25) is 0 Å². The van der Waals surface area contributed by atoms with Gasteiger partial charge in [0.25, 0.3) is 0 Å². The van der Waals surface area contributed by atoms with Crippen LogP contribution in [0.4, 0.5) is 9.59 Å². The van der Waals surface area contributed by atoms with Crippen molar-refractivity contribution in [1.82, 2.24) is 0 Å². The fourth-order valence-corrected chi connectivity index (χ4v) is 28.0. The molecule has 2 fully saturated rings. The second-order valence-electron chi connectivity index (χ2n) is 28.9. The number of benzene rings is 6. The van der Waals surface area contributed by atoms with Gasteiger partial charge in [-0.05, 0) is 258 Å². The molecule has 0 heterocycles. The Balaban J connectivity index is 0.789. The molecular weight excluding hydrogens is 1130 g/mol. The second-order valence-corrected chi connectivity index (χ2v) is 41.4. The van der Waals surface area contributed by atoms with Crippen molar-refractivity contribution in [2.45, 2.75) is 209 Å². The maximum absolute atomic E-state index is 13.4. The lowest BCUT2D eigenvalue weighted by molar-refractivity contribution is 0.107. The van der Waals surface area contributed by atoms with Crippen LogP contribution in [-0.2, 0) is 45.1 Å². The van der Waals surface area contributed by atoms with Crippen molar-refractivity contribution < 1.29 is 47.0 Å². The first-order valence-electron chi connectivity index (χ1n) is 31.9. The summed E-state index contributed by atoms with van der Waals surface area (Å²) in [5, 5.41) is 20.8. The highest BCUT2D eigenvalue weighted by Gasteiger charge is 2.47. The molecule has 0 amide bonds. The Kier molecular flexibility index (Phi) is 21.0. The van der Waals surface area contributed by atoms with Crippen LogP contribution in [0.2, 0.25) is 51.4 Å². The van der Waals surface area contributed by atoms with E-state index >= 15 is 0 Å². The van der Waals surface area contributed by atoms with Gasteiger partial charge in [0.15, 0.2) is 16.6 Å². The molecule has 4 unspecified atom stereocenters. The topological polar surface area (TPSA) is 130 Å². The molecule has 2 aliphatic carbocycles. The van der Waals surface area contributed by atoms with Crippen LogP contribution >= 0.6 is 0 Å². The summed E-state index contributed by atoms with van der Waals surface area (Å²) >= 11 is 0. The SMILES string of the molecule is Cc1ccc(C2(c3ccc(OC(=O)Oc4ccc(CCC[Si](C)(C)O[Si](C)(C)O[Si](C)(C)CCCc5ccc(OC(=O)Oc6ccc(C7(c8ccccc8)CCC(C)(C)C(C)C7)cc6C)c(CO)c5)cc4CO)c(C)c3)CCC(C)(C)C(C)C2)cc1C. The van der Waals surface area contributed by atoms with E-state index in [2.05, 4.69) is 167 Å². The highest BCUT2D eigenvalue weighted by molar-refractivity contribution is 6.87. The monoisotopic (exact) mass is 1230 g/mol. The molecule has 13 heteroatoms. The Hall–Kier alpha value is -5.65. The van der Waals surface area contributed by atoms with E-state index in [1.165, 1.54) is 33.4 Å². The zero-order valence-electron chi connectivity index (χ0n) is 55.3. The van der Waals surface area contributed by atoms with Crippen molar-refractivity contribution in [1.29, 1.82) is 0 Å². The summed E-state index contributed by atoms with van der Waals surface area (Å²) in [4.78, 5) is 26.7. The number of carbonyl (C=O) groups excluding carboxylic acids is 2. The number of carbonyl (C=O) groups is 2. The van der Waals surface area contributed by atoms with Crippen molar-refractivity contribution in [3.05, 3.63) is 188 Å². The third-order valence-corrected chi connectivity index (χ3v) is 31.6. The van der Waals surface area contributed by atoms with Crippen LogP contribution in [0.3, 0.4) is 0 Å². The maximum Gasteiger partial charge on any atom is 0.519 e. The summed E-state index contributed by atoms with van der Waals surface area (Å²) in [6, 6.07) is 43.2. The largest absolute Gasteiger partial charge is 0.519 e. The summed E-state index contributed by atoms with van der Waals surface area (Å²) in [5.41, 5.74) is 12.8. The molecular formula is C74H100O10Si3. The third-order valence-electron chi connectivity index (χ3n) is 20.1. The molecule has 6 aromatic carbocycles. The molecule has 0 radical (unpaired) electrons. The van der Waals surface area contributed by atoms with Crippen LogP contribution in [0.1, 0.15) is 160 Å². The molecule has 468 valence electrons. The molecule has 2 saturated carbocycles. The van der Waals surface area contributed by atoms with Crippen LogP contribution in [0.25, 0.3) is 0 Å². The molecule has 2 N–H and O–H groups in total. The van der Waals surface area contributed by atoms with Crippen molar-refractivity contribution in [2.24, 2.45) is 22.7 Å². The molecule has 0 spiro atoms. The Morgan fingerprint density at radius 2 is 0.839 bits per heavy atom. The lowest BCUT2D eigenvalue weighted by Crippen LogP contribution is -2.52. The minimum atomic E-state index is -2.51. The van der Waals surface area contributed by atoms with Gasteiger partial charge < -0.3 is 37.4 Å². The average Bonchev–Trinajstić information content (AvgIpc) is 0.854. The standard InChI is InChI=1S/C74H100O10Si3/c1-51-26-29-62(42-52(51)2)74(39-37-72(9,10)56(6)48-74)64-31-35-66(54(4)44-64)80-70(78)82-68-33-28-58(46-60(68)50-76)23-21-41-86(13,14)84-87(15,16)83-85(11,12)40-20-22-57-27-32-67(59(45-57)49-75)81-69(77)79-65-34-30-63(43-53(65)3)73(61-24-18-17-19-25-61)38-36-71(7,8)55(5)47-73/h17-19,24-35,42-46,55-56,75-76H,20-23,36-41,47-50H2,1-16H3. The van der Waals surface area contributed by atoms with E-state index in [1.807, 2.05) is 50.2 Å². The minimum absolute atomic E-state index is 0.128. The van der Waals surface area contributed by atoms with Gasteiger partial charge >= 0.3 is 20.9 Å². The Morgan fingerprint density at radius 3 is 1.23 bits per heavy atom. The number of hydrogen-bond donors (Lipinski definition) is 2. The predicted molar refractivity (Wildman–Crippen MR) is 359 cm³/mol. The highest BCUT2D eigenvalue weighted by Crippen LogP contribution is 2.55. The Labute approximate surface area is 524 Å². The molecule has 0 aliphatic heterocycles. The van der Waals surface area contributed by atoms with Crippen LogP contribution in [0.15, 0.2) is 121 Å². The van der Waals surface area contributed by atoms with Gasteiger partial charge in [0, 0.05) is 22.0 Å². The molecule has 0 aromatic heterocycles. The van der Waals surface area contributed by atoms with Gasteiger partial charge in [-0.15, -0.1) is 0 Å². The summed E-state index contributed by atoms with van der Waals surface area (Å²) in [5.74, 6) is 2.49. The molecule has 6 aromatic rings. The van der Waals surface area contributed by atoms with E-state index in [4.69, 9.17) is 27.2 Å². The van der Waals surface area contributed by atoms with Crippen molar-refractivity contribution >= 4 is 37.5 Å². The zero-order valence-corrected chi connectivity index (χ0v) is 58.3. The fraction of sp³-hybridized carbons (Fsp3) is 0.486. The number of rotatable bonds is 22. The van der Waals surface area contributed by atoms with Gasteiger partial charge in [0.1, 0.15) is 23.0 Å².